The molecular weight excluding hydrogens is 164 g/mol. The molecule has 0 radical (unpaired) electrons. The standard InChI is InChI=1S/C11H20O2/c1-8(2)11(13-5)7-6-9(3)10(4)12/h9,11H,1,6-7H2,2-5H3. The van der Waals surface area contributed by atoms with E-state index in [2.05, 4.69) is 6.58 Å². The number of methoxy groups -OCH3 is 1. The van der Waals surface area contributed by atoms with Gasteiger partial charge in [-0.05, 0) is 26.7 Å². The van der Waals surface area contributed by atoms with Gasteiger partial charge < -0.3 is 4.74 Å². The minimum Gasteiger partial charge on any atom is -0.377 e. The normalized spacial score (nSPS) is 15.1. The van der Waals surface area contributed by atoms with Gasteiger partial charge in [-0.25, -0.2) is 0 Å². The fourth-order valence-electron chi connectivity index (χ4n) is 1.17. The van der Waals surface area contributed by atoms with E-state index in [1.165, 1.54) is 0 Å². The Balaban J connectivity index is 3.85. The molecule has 0 amide bonds. The molecule has 0 aromatic rings. The molecule has 0 bridgehead atoms. The van der Waals surface area contributed by atoms with Gasteiger partial charge in [0.1, 0.15) is 5.78 Å². The van der Waals surface area contributed by atoms with Gasteiger partial charge in [-0.3, -0.25) is 4.79 Å². The van der Waals surface area contributed by atoms with Crippen LogP contribution >= 0.6 is 0 Å². The van der Waals surface area contributed by atoms with Gasteiger partial charge >= 0.3 is 0 Å². The molecule has 0 fully saturated rings. The van der Waals surface area contributed by atoms with Gasteiger partial charge in [0, 0.05) is 13.0 Å². The molecule has 0 aliphatic carbocycles. The average molecular weight is 184 g/mol. The third kappa shape index (κ3) is 4.83. The summed E-state index contributed by atoms with van der Waals surface area (Å²) in [4.78, 5) is 11.0. The fourth-order valence-corrected chi connectivity index (χ4v) is 1.17. The summed E-state index contributed by atoms with van der Waals surface area (Å²) in [6, 6.07) is 0. The number of ketones is 1. The first-order valence-electron chi connectivity index (χ1n) is 4.67. The molecule has 2 unspecified atom stereocenters. The Morgan fingerprint density at radius 2 is 1.92 bits per heavy atom. The predicted molar refractivity (Wildman–Crippen MR) is 54.7 cm³/mol. The summed E-state index contributed by atoms with van der Waals surface area (Å²) in [5.74, 6) is 0.383. The van der Waals surface area contributed by atoms with Crippen LogP contribution in [-0.2, 0) is 9.53 Å². The van der Waals surface area contributed by atoms with Crippen LogP contribution in [0.3, 0.4) is 0 Å². The number of rotatable bonds is 6. The fraction of sp³-hybridized carbons (Fsp3) is 0.727. The zero-order chi connectivity index (χ0) is 10.4. The van der Waals surface area contributed by atoms with Crippen LogP contribution in [0.15, 0.2) is 12.2 Å². The highest BCUT2D eigenvalue weighted by Gasteiger charge is 2.12. The van der Waals surface area contributed by atoms with Crippen molar-refractivity contribution in [2.45, 2.75) is 39.7 Å². The van der Waals surface area contributed by atoms with Crippen molar-refractivity contribution in [3.05, 3.63) is 12.2 Å². The maximum Gasteiger partial charge on any atom is 0.132 e. The third-order valence-corrected chi connectivity index (χ3v) is 2.39. The van der Waals surface area contributed by atoms with Crippen molar-refractivity contribution < 1.29 is 9.53 Å². The lowest BCUT2D eigenvalue weighted by molar-refractivity contribution is -0.120. The maximum absolute atomic E-state index is 11.0. The van der Waals surface area contributed by atoms with E-state index in [0.717, 1.165) is 18.4 Å². The van der Waals surface area contributed by atoms with E-state index >= 15 is 0 Å². The molecule has 0 aliphatic rings. The second-order valence-electron chi connectivity index (χ2n) is 3.66. The van der Waals surface area contributed by atoms with Crippen molar-refractivity contribution >= 4 is 5.78 Å². The van der Waals surface area contributed by atoms with Gasteiger partial charge in [0.25, 0.3) is 0 Å². The molecule has 2 atom stereocenters. The maximum atomic E-state index is 11.0. The van der Waals surface area contributed by atoms with Gasteiger partial charge in [-0.1, -0.05) is 19.1 Å². The highest BCUT2D eigenvalue weighted by Crippen LogP contribution is 2.15. The van der Waals surface area contributed by atoms with Gasteiger partial charge in [0.05, 0.1) is 6.10 Å². The lowest BCUT2D eigenvalue weighted by Gasteiger charge is -2.16. The minimum atomic E-state index is 0.0989. The monoisotopic (exact) mass is 184 g/mol. The minimum absolute atomic E-state index is 0.0989. The molecule has 76 valence electrons. The summed E-state index contributed by atoms with van der Waals surface area (Å²) in [7, 11) is 1.68. The van der Waals surface area contributed by atoms with E-state index in [4.69, 9.17) is 4.74 Å². The highest BCUT2D eigenvalue weighted by molar-refractivity contribution is 5.77. The summed E-state index contributed by atoms with van der Waals surface area (Å²) < 4.78 is 5.23. The topological polar surface area (TPSA) is 26.3 Å². The zero-order valence-corrected chi connectivity index (χ0v) is 9.09. The van der Waals surface area contributed by atoms with Crippen LogP contribution in [0.4, 0.5) is 0 Å². The highest BCUT2D eigenvalue weighted by atomic mass is 16.5. The Morgan fingerprint density at radius 1 is 1.38 bits per heavy atom. The summed E-state index contributed by atoms with van der Waals surface area (Å²) in [5.41, 5.74) is 1.03. The third-order valence-electron chi connectivity index (χ3n) is 2.39. The van der Waals surface area contributed by atoms with E-state index < -0.39 is 0 Å². The number of carbonyl (C=O) groups is 1. The molecule has 0 spiro atoms. The smallest absolute Gasteiger partial charge is 0.132 e. The Hall–Kier alpha value is -0.630. The Morgan fingerprint density at radius 3 is 2.23 bits per heavy atom. The second kappa shape index (κ2) is 5.92. The second-order valence-corrected chi connectivity index (χ2v) is 3.66. The van der Waals surface area contributed by atoms with Crippen LogP contribution in [0, 0.1) is 5.92 Å². The van der Waals surface area contributed by atoms with Crippen LogP contribution in [0.25, 0.3) is 0 Å². The van der Waals surface area contributed by atoms with E-state index in [1.54, 1.807) is 14.0 Å². The van der Waals surface area contributed by atoms with E-state index in [-0.39, 0.29) is 17.8 Å². The predicted octanol–water partition coefficient (Wildman–Crippen LogP) is 2.58. The molecule has 2 nitrogen and oxygen atoms in total. The summed E-state index contributed by atoms with van der Waals surface area (Å²) in [6.45, 7) is 9.37. The largest absolute Gasteiger partial charge is 0.377 e. The summed E-state index contributed by atoms with van der Waals surface area (Å²) in [6.07, 6.45) is 1.86. The van der Waals surface area contributed by atoms with Gasteiger partial charge in [-0.2, -0.15) is 0 Å². The SMILES string of the molecule is C=C(C)C(CCC(C)C(C)=O)OC. The first-order valence-corrected chi connectivity index (χ1v) is 4.67. The van der Waals surface area contributed by atoms with Crippen molar-refractivity contribution in [3.63, 3.8) is 0 Å². The van der Waals surface area contributed by atoms with Crippen LogP contribution in [0.2, 0.25) is 0 Å². The molecule has 13 heavy (non-hydrogen) atoms. The van der Waals surface area contributed by atoms with E-state index in [1.807, 2.05) is 13.8 Å². The summed E-state index contributed by atoms with van der Waals surface area (Å²) in [5, 5.41) is 0. The number of hydrogen-bond donors (Lipinski definition) is 0. The lowest BCUT2D eigenvalue weighted by atomic mass is 9.97. The molecule has 0 aromatic heterocycles. The number of Topliss-reactive ketones (excluding diaryl/α,β-unsaturated/α-hetero) is 1. The first kappa shape index (κ1) is 12.4. The molecule has 0 aliphatic heterocycles. The molecule has 0 saturated heterocycles. The van der Waals surface area contributed by atoms with E-state index in [0.29, 0.717) is 0 Å². The van der Waals surface area contributed by atoms with Gasteiger partial charge in [0.15, 0.2) is 0 Å². The number of ether oxygens (including phenoxy) is 1. The van der Waals surface area contributed by atoms with Crippen molar-refractivity contribution in [1.82, 2.24) is 0 Å². The zero-order valence-electron chi connectivity index (χ0n) is 9.09. The van der Waals surface area contributed by atoms with Crippen LogP contribution in [0.5, 0.6) is 0 Å². The quantitative estimate of drug-likeness (QED) is 0.593. The van der Waals surface area contributed by atoms with Crippen molar-refractivity contribution in [1.29, 1.82) is 0 Å². The molecule has 2 heteroatoms. The average Bonchev–Trinajstić information content (AvgIpc) is 2.04. The number of carbonyl (C=O) groups excluding carboxylic acids is 1. The lowest BCUT2D eigenvalue weighted by Crippen LogP contribution is -2.15. The van der Waals surface area contributed by atoms with E-state index in [9.17, 15) is 4.79 Å². The van der Waals surface area contributed by atoms with Gasteiger partial charge in [-0.15, -0.1) is 0 Å². The van der Waals surface area contributed by atoms with Gasteiger partial charge in [0.2, 0.25) is 0 Å². The Bertz CT molecular complexity index is 185. The summed E-state index contributed by atoms with van der Waals surface area (Å²) >= 11 is 0. The van der Waals surface area contributed by atoms with Crippen LogP contribution < -0.4 is 0 Å². The van der Waals surface area contributed by atoms with Crippen molar-refractivity contribution in [3.8, 4) is 0 Å². The Labute approximate surface area is 81.0 Å². The van der Waals surface area contributed by atoms with Crippen molar-refractivity contribution in [2.24, 2.45) is 5.92 Å². The molecule has 0 heterocycles. The molecule has 0 N–H and O–H groups in total. The van der Waals surface area contributed by atoms with Crippen LogP contribution in [0.1, 0.15) is 33.6 Å². The number of hydrogen-bond acceptors (Lipinski definition) is 2. The van der Waals surface area contributed by atoms with Crippen LogP contribution in [-0.4, -0.2) is 19.0 Å². The van der Waals surface area contributed by atoms with Crippen molar-refractivity contribution in [2.75, 3.05) is 7.11 Å². The molecule has 0 saturated carbocycles. The Kier molecular flexibility index (Phi) is 5.63. The molecule has 0 aromatic carbocycles. The first-order chi connectivity index (χ1) is 5.99. The molecular formula is C11H20O2. The molecule has 0 rings (SSSR count).